The first kappa shape index (κ1) is 20.4. The molecular weight excluding hydrogens is 442 g/mol. The zero-order chi connectivity index (χ0) is 22.0. The predicted octanol–water partition coefficient (Wildman–Crippen LogP) is 4.46. The van der Waals surface area contributed by atoms with Gasteiger partial charge in [-0.15, -0.1) is 0 Å². The van der Waals surface area contributed by atoms with E-state index in [1.54, 1.807) is 12.1 Å². The van der Waals surface area contributed by atoms with Crippen molar-refractivity contribution in [3.05, 3.63) is 75.1 Å². The fourth-order valence-electron chi connectivity index (χ4n) is 2.71. The average Bonchev–Trinajstić information content (AvgIpc) is 3.13. The van der Waals surface area contributed by atoms with Crippen molar-refractivity contribution in [3.63, 3.8) is 0 Å². The Morgan fingerprint density at radius 3 is 2.61 bits per heavy atom. The summed E-state index contributed by atoms with van der Waals surface area (Å²) in [5, 5.41) is 15.5. The molecule has 12 heteroatoms. The Bertz CT molecular complexity index is 1290. The van der Waals surface area contributed by atoms with Crippen molar-refractivity contribution in [2.75, 3.05) is 10.7 Å². The van der Waals surface area contributed by atoms with Crippen LogP contribution < -0.4 is 16.2 Å². The molecule has 10 nitrogen and oxygen atoms in total. The number of halogens is 1. The van der Waals surface area contributed by atoms with Crippen LogP contribution in [0, 0.1) is 17.0 Å². The number of carbonyl (C=O) groups excluding carboxylic acids is 1. The van der Waals surface area contributed by atoms with Crippen LogP contribution in [0.5, 0.6) is 0 Å². The number of nitrogens with zero attached hydrogens (tertiary/aromatic N) is 4. The van der Waals surface area contributed by atoms with Crippen molar-refractivity contribution < 1.29 is 9.72 Å². The Kier molecular flexibility index (Phi) is 5.60. The van der Waals surface area contributed by atoms with E-state index in [0.717, 1.165) is 22.1 Å². The number of aromatic nitrogens is 3. The minimum atomic E-state index is -0.642. The molecule has 0 atom stereocenters. The fraction of sp³-hybridized carbons (Fsp3) is 0.0526. The maximum Gasteiger partial charge on any atom is 0.355 e. The molecule has 0 aliphatic rings. The SMILES string of the molecule is Cc1ccc2nc(Nc3ncnc(NNC(=O)c4ccc(Cl)cc4)c3[N+](=O)[O-])sc2c1. The zero-order valence-electron chi connectivity index (χ0n) is 15.9. The van der Waals surface area contributed by atoms with E-state index < -0.39 is 16.5 Å². The molecule has 0 unspecified atom stereocenters. The van der Waals surface area contributed by atoms with Crippen molar-refractivity contribution in [2.24, 2.45) is 0 Å². The number of benzene rings is 2. The van der Waals surface area contributed by atoms with Crippen molar-refractivity contribution in [1.82, 2.24) is 20.4 Å². The molecule has 3 N–H and O–H groups in total. The molecule has 0 radical (unpaired) electrons. The fourth-order valence-corrected chi connectivity index (χ4v) is 3.80. The van der Waals surface area contributed by atoms with E-state index in [0.29, 0.717) is 15.7 Å². The number of nitro groups is 1. The lowest BCUT2D eigenvalue weighted by Gasteiger charge is -2.10. The van der Waals surface area contributed by atoms with Crippen LogP contribution >= 0.6 is 22.9 Å². The molecule has 0 saturated carbocycles. The van der Waals surface area contributed by atoms with Gasteiger partial charge in [0.25, 0.3) is 5.91 Å². The Morgan fingerprint density at radius 2 is 1.87 bits per heavy atom. The van der Waals surface area contributed by atoms with Crippen LogP contribution in [0.25, 0.3) is 10.2 Å². The van der Waals surface area contributed by atoms with Crippen molar-refractivity contribution in [3.8, 4) is 0 Å². The van der Waals surface area contributed by atoms with Crippen molar-refractivity contribution in [2.45, 2.75) is 6.92 Å². The summed E-state index contributed by atoms with van der Waals surface area (Å²) in [4.78, 5) is 35.6. The Labute approximate surface area is 184 Å². The van der Waals surface area contributed by atoms with Gasteiger partial charge >= 0.3 is 5.69 Å². The smallest absolute Gasteiger partial charge is 0.310 e. The van der Waals surface area contributed by atoms with Gasteiger partial charge in [0.05, 0.1) is 15.1 Å². The predicted molar refractivity (Wildman–Crippen MR) is 119 cm³/mol. The standard InChI is InChI=1S/C19H14ClN7O3S/c1-10-2-7-13-14(8-10)31-19(23-13)24-16-15(27(29)30)17(22-9-21-16)25-26-18(28)11-3-5-12(20)6-4-11/h2-9H,1H3,(H,26,28)(H2,21,22,23,24,25). The first-order valence-corrected chi connectivity index (χ1v) is 10.1. The van der Waals surface area contributed by atoms with Crippen LogP contribution in [0.4, 0.5) is 22.5 Å². The highest BCUT2D eigenvalue weighted by atomic mass is 35.5. The normalized spacial score (nSPS) is 10.6. The van der Waals surface area contributed by atoms with Crippen LogP contribution in [0.3, 0.4) is 0 Å². The molecule has 4 aromatic rings. The molecule has 0 saturated heterocycles. The summed E-state index contributed by atoms with van der Waals surface area (Å²) in [5.74, 6) is -0.749. The molecule has 0 spiro atoms. The summed E-state index contributed by atoms with van der Waals surface area (Å²) in [5.41, 5.74) is 6.60. The molecule has 2 aromatic carbocycles. The van der Waals surface area contributed by atoms with Gasteiger partial charge in [0.2, 0.25) is 11.6 Å². The van der Waals surface area contributed by atoms with Crippen LogP contribution in [-0.2, 0) is 0 Å². The third-order valence-corrected chi connectivity index (χ3v) is 5.36. The number of aryl methyl sites for hydroxylation is 1. The number of fused-ring (bicyclic) bond motifs is 1. The first-order valence-electron chi connectivity index (χ1n) is 8.86. The maximum atomic E-state index is 12.3. The van der Waals surface area contributed by atoms with Gasteiger partial charge in [0.15, 0.2) is 5.13 Å². The van der Waals surface area contributed by atoms with Crippen LogP contribution in [0.2, 0.25) is 5.02 Å². The van der Waals surface area contributed by atoms with Gasteiger partial charge in [-0.2, -0.15) is 0 Å². The van der Waals surface area contributed by atoms with Gasteiger partial charge in [0.1, 0.15) is 6.33 Å². The molecular formula is C19H14ClN7O3S. The van der Waals surface area contributed by atoms with Crippen LogP contribution in [0.15, 0.2) is 48.8 Å². The number of hydrogen-bond donors (Lipinski definition) is 3. The second kappa shape index (κ2) is 8.50. The summed E-state index contributed by atoms with van der Waals surface area (Å²) in [6.45, 7) is 1.97. The largest absolute Gasteiger partial charge is 0.355 e. The minimum absolute atomic E-state index is 0.0565. The molecule has 1 amide bonds. The number of hydrazine groups is 1. The number of anilines is 3. The number of hydrogen-bond acceptors (Lipinski definition) is 9. The number of rotatable bonds is 6. The van der Waals surface area contributed by atoms with E-state index in [9.17, 15) is 14.9 Å². The highest BCUT2D eigenvalue weighted by molar-refractivity contribution is 7.22. The zero-order valence-corrected chi connectivity index (χ0v) is 17.5. The Balaban J connectivity index is 1.57. The van der Waals surface area contributed by atoms with Gasteiger partial charge in [-0.25, -0.2) is 15.0 Å². The van der Waals surface area contributed by atoms with Gasteiger partial charge in [-0.3, -0.25) is 25.8 Å². The van der Waals surface area contributed by atoms with E-state index in [2.05, 4.69) is 31.1 Å². The quantitative estimate of drug-likeness (QED) is 0.286. The second-order valence-corrected chi connectivity index (χ2v) is 7.84. The van der Waals surface area contributed by atoms with E-state index in [1.807, 2.05) is 25.1 Å². The molecule has 0 aliphatic heterocycles. The molecule has 0 fully saturated rings. The van der Waals surface area contributed by atoms with E-state index in [4.69, 9.17) is 11.6 Å². The number of carbonyl (C=O) groups is 1. The summed E-state index contributed by atoms with van der Waals surface area (Å²) >= 11 is 7.15. The summed E-state index contributed by atoms with van der Waals surface area (Å²) in [7, 11) is 0. The topological polar surface area (TPSA) is 135 Å². The molecule has 4 rings (SSSR count). The summed E-state index contributed by atoms with van der Waals surface area (Å²) in [6.07, 6.45) is 1.14. The van der Waals surface area contributed by atoms with Gasteiger partial charge in [-0.1, -0.05) is 29.0 Å². The molecule has 2 heterocycles. The lowest BCUT2D eigenvalue weighted by atomic mass is 10.2. The molecule has 2 aromatic heterocycles. The minimum Gasteiger partial charge on any atom is -0.310 e. The van der Waals surface area contributed by atoms with Crippen molar-refractivity contribution >= 4 is 61.5 Å². The van der Waals surface area contributed by atoms with Crippen LogP contribution in [-0.4, -0.2) is 25.8 Å². The van der Waals surface area contributed by atoms with Gasteiger partial charge < -0.3 is 5.32 Å². The first-order chi connectivity index (χ1) is 14.9. The second-order valence-electron chi connectivity index (χ2n) is 6.38. The Hall–Kier alpha value is -3.83. The third-order valence-electron chi connectivity index (χ3n) is 4.17. The lowest BCUT2D eigenvalue weighted by Crippen LogP contribution is -2.30. The van der Waals surface area contributed by atoms with Gasteiger partial charge in [0, 0.05) is 10.6 Å². The van der Waals surface area contributed by atoms with E-state index >= 15 is 0 Å². The average molecular weight is 456 g/mol. The van der Waals surface area contributed by atoms with Gasteiger partial charge in [-0.05, 0) is 48.9 Å². The third kappa shape index (κ3) is 4.52. The lowest BCUT2D eigenvalue weighted by molar-refractivity contribution is -0.383. The Morgan fingerprint density at radius 1 is 1.13 bits per heavy atom. The molecule has 0 aliphatic carbocycles. The van der Waals surface area contributed by atoms with Crippen LogP contribution in [0.1, 0.15) is 15.9 Å². The molecule has 0 bridgehead atoms. The number of amides is 1. The summed E-state index contributed by atoms with van der Waals surface area (Å²) in [6, 6.07) is 12.0. The maximum absolute atomic E-state index is 12.3. The van der Waals surface area contributed by atoms with Crippen molar-refractivity contribution in [1.29, 1.82) is 0 Å². The molecule has 31 heavy (non-hydrogen) atoms. The highest BCUT2D eigenvalue weighted by Crippen LogP contribution is 2.34. The summed E-state index contributed by atoms with van der Waals surface area (Å²) < 4.78 is 0.938. The number of nitrogens with one attached hydrogen (secondary N) is 3. The van der Waals surface area contributed by atoms with E-state index in [-0.39, 0.29) is 11.6 Å². The number of thiazole rings is 1. The van der Waals surface area contributed by atoms with E-state index in [1.165, 1.54) is 23.5 Å². The monoisotopic (exact) mass is 455 g/mol. The highest BCUT2D eigenvalue weighted by Gasteiger charge is 2.24. The molecule has 156 valence electrons.